The number of ether oxygens (including phenoxy) is 1. The fourth-order valence-corrected chi connectivity index (χ4v) is 1.37. The van der Waals surface area contributed by atoms with Crippen molar-refractivity contribution in [3.8, 4) is 12.3 Å². The van der Waals surface area contributed by atoms with Gasteiger partial charge in [-0.2, -0.15) is 0 Å². The van der Waals surface area contributed by atoms with Gasteiger partial charge in [-0.1, -0.05) is 29.2 Å². The van der Waals surface area contributed by atoms with Gasteiger partial charge in [0.25, 0.3) is 0 Å². The van der Waals surface area contributed by atoms with Crippen molar-refractivity contribution in [2.24, 2.45) is 0 Å². The van der Waals surface area contributed by atoms with Crippen molar-refractivity contribution < 1.29 is 4.74 Å². The molecule has 0 fully saturated rings. The van der Waals surface area contributed by atoms with Gasteiger partial charge in [0.15, 0.2) is 0 Å². The van der Waals surface area contributed by atoms with Crippen LogP contribution in [-0.2, 0) is 4.74 Å². The summed E-state index contributed by atoms with van der Waals surface area (Å²) in [6.45, 7) is 5.16. The predicted octanol–water partition coefficient (Wildman–Crippen LogP) is 3.55. The molecule has 0 rings (SSSR count). The largest absolute Gasteiger partial charge is 0.364 e. The predicted molar refractivity (Wildman–Crippen MR) is 67.1 cm³/mol. The molecule has 0 bridgehead atoms. The van der Waals surface area contributed by atoms with Gasteiger partial charge in [0, 0.05) is 5.88 Å². The molecule has 0 amide bonds. The number of halogens is 1. The molecule has 0 atom stereocenters. The van der Waals surface area contributed by atoms with Gasteiger partial charge in [-0.3, -0.25) is 0 Å². The zero-order valence-electron chi connectivity index (χ0n) is 9.55. The normalized spacial score (nSPS) is 12.7. The lowest BCUT2D eigenvalue weighted by Crippen LogP contribution is -1.95. The van der Waals surface area contributed by atoms with Crippen molar-refractivity contribution in [2.45, 2.75) is 26.7 Å². The Morgan fingerprint density at radius 2 is 2.07 bits per heavy atom. The van der Waals surface area contributed by atoms with Gasteiger partial charge in [-0.25, -0.2) is 0 Å². The summed E-state index contributed by atoms with van der Waals surface area (Å²) in [6, 6.07) is 0. The molecule has 0 heterocycles. The van der Waals surface area contributed by atoms with Crippen molar-refractivity contribution in [2.75, 3.05) is 19.1 Å². The van der Waals surface area contributed by atoms with Crippen LogP contribution >= 0.6 is 11.6 Å². The van der Waals surface area contributed by atoms with Crippen LogP contribution in [0.5, 0.6) is 0 Å². The average Bonchev–Trinajstić information content (AvgIpc) is 2.18. The zero-order chi connectivity index (χ0) is 11.5. The molecule has 15 heavy (non-hydrogen) atoms. The minimum Gasteiger partial charge on any atom is -0.364 e. The fraction of sp³-hybridized carbons (Fsp3) is 0.538. The highest BCUT2D eigenvalue weighted by Gasteiger charge is 1.91. The summed E-state index contributed by atoms with van der Waals surface area (Å²) in [7, 11) is 0. The van der Waals surface area contributed by atoms with Crippen LogP contribution in [0.15, 0.2) is 23.3 Å². The first kappa shape index (κ1) is 14.3. The smallest absolute Gasteiger partial charge is 0.107 e. The molecular formula is C13H19ClO. The Hall–Kier alpha value is -0.710. The van der Waals surface area contributed by atoms with E-state index in [0.717, 1.165) is 12.8 Å². The molecular weight excluding hydrogens is 208 g/mol. The molecule has 0 aromatic carbocycles. The van der Waals surface area contributed by atoms with E-state index in [0.29, 0.717) is 19.1 Å². The molecule has 0 aromatic heterocycles. The molecule has 1 nitrogen and oxygen atoms in total. The summed E-state index contributed by atoms with van der Waals surface area (Å²) in [6.07, 6.45) is 11.4. The van der Waals surface area contributed by atoms with Crippen molar-refractivity contribution >= 4 is 11.6 Å². The van der Waals surface area contributed by atoms with Crippen LogP contribution in [0.2, 0.25) is 0 Å². The molecule has 0 aromatic rings. The van der Waals surface area contributed by atoms with E-state index in [9.17, 15) is 0 Å². The number of terminal acetylenes is 1. The summed E-state index contributed by atoms with van der Waals surface area (Å²) in [5.41, 5.74) is 2.56. The minimum absolute atomic E-state index is 0.385. The summed E-state index contributed by atoms with van der Waals surface area (Å²) in [4.78, 5) is 0. The number of alkyl halides is 1. The summed E-state index contributed by atoms with van der Waals surface area (Å²) in [5, 5.41) is 0. The van der Waals surface area contributed by atoms with Crippen LogP contribution in [0.25, 0.3) is 0 Å². The number of rotatable bonds is 7. The van der Waals surface area contributed by atoms with Crippen molar-refractivity contribution in [3.63, 3.8) is 0 Å². The number of hydrogen-bond donors (Lipinski definition) is 0. The highest BCUT2D eigenvalue weighted by atomic mass is 35.5. The third-order valence-electron chi connectivity index (χ3n) is 1.97. The first-order valence-corrected chi connectivity index (χ1v) is 5.62. The van der Waals surface area contributed by atoms with E-state index >= 15 is 0 Å². The molecule has 0 N–H and O–H groups in total. The highest BCUT2D eigenvalue weighted by molar-refractivity contribution is 6.18. The van der Waals surface area contributed by atoms with Gasteiger partial charge in [0.1, 0.15) is 6.61 Å². The monoisotopic (exact) mass is 226 g/mol. The van der Waals surface area contributed by atoms with Crippen LogP contribution in [0.3, 0.4) is 0 Å². The van der Waals surface area contributed by atoms with E-state index in [2.05, 4.69) is 25.8 Å². The molecule has 84 valence electrons. The first-order valence-electron chi connectivity index (χ1n) is 5.09. The molecule has 0 spiro atoms. The Morgan fingerprint density at radius 1 is 1.33 bits per heavy atom. The van der Waals surface area contributed by atoms with E-state index in [1.54, 1.807) is 0 Å². The molecule has 0 aliphatic rings. The van der Waals surface area contributed by atoms with E-state index in [1.165, 1.54) is 11.1 Å². The van der Waals surface area contributed by atoms with Crippen LogP contribution < -0.4 is 0 Å². The highest BCUT2D eigenvalue weighted by Crippen LogP contribution is 2.07. The molecule has 0 radical (unpaired) electrons. The standard InChI is InChI=1S/C13H19ClO/c1-4-10-15-11-13(3)7-5-6-12(2)8-9-14/h1,7-8H,5-6,9-11H2,2-3H3. The Kier molecular flexibility index (Phi) is 9.36. The lowest BCUT2D eigenvalue weighted by Gasteiger charge is -2.01. The molecule has 0 saturated heterocycles. The summed E-state index contributed by atoms with van der Waals surface area (Å²) in [5.74, 6) is 3.04. The van der Waals surface area contributed by atoms with E-state index < -0.39 is 0 Å². The lowest BCUT2D eigenvalue weighted by atomic mass is 10.1. The SMILES string of the molecule is C#CCOCC(C)=CCCC(C)=CCCl. The molecule has 0 unspecified atom stereocenters. The first-order chi connectivity index (χ1) is 7.20. The second-order valence-electron chi connectivity index (χ2n) is 3.49. The Bertz CT molecular complexity index is 258. The zero-order valence-corrected chi connectivity index (χ0v) is 10.3. The van der Waals surface area contributed by atoms with Gasteiger partial charge in [0.2, 0.25) is 0 Å². The quantitative estimate of drug-likeness (QED) is 0.279. The number of allylic oxidation sites excluding steroid dienone is 3. The van der Waals surface area contributed by atoms with Crippen LogP contribution in [0.4, 0.5) is 0 Å². The van der Waals surface area contributed by atoms with Gasteiger partial charge in [-0.15, -0.1) is 18.0 Å². The molecule has 0 aliphatic heterocycles. The molecule has 0 aliphatic carbocycles. The third kappa shape index (κ3) is 9.59. The second kappa shape index (κ2) is 9.83. The van der Waals surface area contributed by atoms with Crippen molar-refractivity contribution in [3.05, 3.63) is 23.3 Å². The molecule has 0 saturated carbocycles. The van der Waals surface area contributed by atoms with Crippen molar-refractivity contribution in [1.82, 2.24) is 0 Å². The lowest BCUT2D eigenvalue weighted by molar-refractivity contribution is 0.192. The molecule has 2 heteroatoms. The number of hydrogen-bond acceptors (Lipinski definition) is 1. The Morgan fingerprint density at radius 3 is 2.67 bits per heavy atom. The van der Waals surface area contributed by atoms with Crippen LogP contribution in [0, 0.1) is 12.3 Å². The second-order valence-corrected chi connectivity index (χ2v) is 3.80. The maximum atomic E-state index is 5.59. The third-order valence-corrected chi connectivity index (χ3v) is 2.13. The minimum atomic E-state index is 0.385. The van der Waals surface area contributed by atoms with E-state index in [1.807, 2.05) is 6.08 Å². The van der Waals surface area contributed by atoms with E-state index in [-0.39, 0.29) is 0 Å². The summed E-state index contributed by atoms with van der Waals surface area (Å²) >= 11 is 5.59. The van der Waals surface area contributed by atoms with Crippen LogP contribution in [0.1, 0.15) is 26.7 Å². The van der Waals surface area contributed by atoms with Gasteiger partial charge < -0.3 is 4.74 Å². The van der Waals surface area contributed by atoms with Gasteiger partial charge >= 0.3 is 0 Å². The topological polar surface area (TPSA) is 9.23 Å². The van der Waals surface area contributed by atoms with Crippen molar-refractivity contribution in [1.29, 1.82) is 0 Å². The van der Waals surface area contributed by atoms with Crippen LogP contribution in [-0.4, -0.2) is 19.1 Å². The fourth-order valence-electron chi connectivity index (χ4n) is 1.11. The Balaban J connectivity index is 3.67. The summed E-state index contributed by atoms with van der Waals surface area (Å²) < 4.78 is 5.21. The Labute approximate surface area is 98.2 Å². The van der Waals surface area contributed by atoms with Gasteiger partial charge in [-0.05, 0) is 26.7 Å². The maximum absolute atomic E-state index is 5.59. The van der Waals surface area contributed by atoms with E-state index in [4.69, 9.17) is 22.8 Å². The maximum Gasteiger partial charge on any atom is 0.107 e. The average molecular weight is 227 g/mol. The van der Waals surface area contributed by atoms with Gasteiger partial charge in [0.05, 0.1) is 6.61 Å².